The topological polar surface area (TPSA) is 47.6 Å². The van der Waals surface area contributed by atoms with E-state index in [4.69, 9.17) is 9.47 Å². The van der Waals surface area contributed by atoms with Gasteiger partial charge in [0.05, 0.1) is 25.2 Å². The lowest BCUT2D eigenvalue weighted by atomic mass is 10.1. The lowest BCUT2D eigenvalue weighted by molar-refractivity contribution is -0.115. The Balaban J connectivity index is 1.73. The molecule has 1 heterocycles. The van der Waals surface area contributed by atoms with Crippen LogP contribution in [-0.2, 0) is 11.2 Å². The van der Waals surface area contributed by atoms with Crippen molar-refractivity contribution >= 4 is 23.4 Å². The first kappa shape index (κ1) is 14.8. The number of hydrogen-bond donors (Lipinski definition) is 1. The van der Waals surface area contributed by atoms with Crippen LogP contribution in [-0.4, -0.2) is 25.4 Å². The number of fused-ring (bicyclic) bond motifs is 1. The van der Waals surface area contributed by atoms with Crippen molar-refractivity contribution in [3.05, 3.63) is 48.0 Å². The number of rotatable bonds is 4. The first-order chi connectivity index (χ1) is 10.7. The summed E-state index contributed by atoms with van der Waals surface area (Å²) in [5, 5.41) is 2.84. The highest BCUT2D eigenvalue weighted by Gasteiger charge is 2.28. The first-order valence-electron chi connectivity index (χ1n) is 6.98. The molecule has 0 radical (unpaired) electrons. The van der Waals surface area contributed by atoms with E-state index < -0.39 is 0 Å². The van der Waals surface area contributed by atoms with Crippen LogP contribution in [0.4, 0.5) is 5.69 Å². The highest BCUT2D eigenvalue weighted by atomic mass is 32.2. The third-order valence-corrected chi connectivity index (χ3v) is 4.92. The largest absolute Gasteiger partial charge is 0.497 e. The summed E-state index contributed by atoms with van der Waals surface area (Å²) in [4.78, 5) is 13.7. The molecule has 0 aromatic heterocycles. The number of amides is 1. The molecule has 0 fully saturated rings. The zero-order valence-corrected chi connectivity index (χ0v) is 13.3. The van der Waals surface area contributed by atoms with Gasteiger partial charge < -0.3 is 14.8 Å². The lowest BCUT2D eigenvalue weighted by Gasteiger charge is -2.14. The van der Waals surface area contributed by atoms with Crippen LogP contribution in [0.2, 0.25) is 0 Å². The molecule has 1 aliphatic rings. The molecular weight excluding hydrogens is 298 g/mol. The number of thioether (sulfide) groups is 1. The third-order valence-electron chi connectivity index (χ3n) is 3.61. The molecule has 1 N–H and O–H groups in total. The van der Waals surface area contributed by atoms with Gasteiger partial charge in [0, 0.05) is 11.0 Å². The maximum absolute atomic E-state index is 12.5. The maximum atomic E-state index is 12.5. The zero-order chi connectivity index (χ0) is 15.5. The predicted octanol–water partition coefficient (Wildman–Crippen LogP) is 3.36. The Kier molecular flexibility index (Phi) is 4.24. The SMILES string of the molecule is COc1ccc(NC(=O)C2Cc3ccccc3S2)c(OC)c1. The van der Waals surface area contributed by atoms with Gasteiger partial charge in [-0.2, -0.15) is 0 Å². The van der Waals surface area contributed by atoms with Crippen LogP contribution in [0.1, 0.15) is 5.56 Å². The van der Waals surface area contributed by atoms with Crippen LogP contribution in [0.3, 0.4) is 0 Å². The molecule has 4 nitrogen and oxygen atoms in total. The molecule has 2 aromatic carbocycles. The number of hydrogen-bond acceptors (Lipinski definition) is 4. The molecule has 0 bridgehead atoms. The van der Waals surface area contributed by atoms with Crippen molar-refractivity contribution in [3.8, 4) is 11.5 Å². The number of nitrogens with one attached hydrogen (secondary N) is 1. The van der Waals surface area contributed by atoms with E-state index in [-0.39, 0.29) is 11.2 Å². The molecule has 1 aliphatic heterocycles. The summed E-state index contributed by atoms with van der Waals surface area (Å²) in [5.74, 6) is 1.27. The van der Waals surface area contributed by atoms with E-state index in [1.54, 1.807) is 44.2 Å². The molecule has 3 rings (SSSR count). The molecule has 1 atom stereocenters. The van der Waals surface area contributed by atoms with Gasteiger partial charge in [0.1, 0.15) is 11.5 Å². The summed E-state index contributed by atoms with van der Waals surface area (Å²) >= 11 is 1.61. The van der Waals surface area contributed by atoms with E-state index >= 15 is 0 Å². The van der Waals surface area contributed by atoms with Crippen molar-refractivity contribution in [2.24, 2.45) is 0 Å². The monoisotopic (exact) mass is 315 g/mol. The average molecular weight is 315 g/mol. The second kappa shape index (κ2) is 6.32. The Morgan fingerprint density at radius 3 is 2.73 bits per heavy atom. The molecule has 5 heteroatoms. The number of carbonyl (C=O) groups excluding carboxylic acids is 1. The molecule has 0 aliphatic carbocycles. The third kappa shape index (κ3) is 2.90. The number of anilines is 1. The molecule has 1 unspecified atom stereocenters. The summed E-state index contributed by atoms with van der Waals surface area (Å²) < 4.78 is 10.5. The molecule has 0 spiro atoms. The number of methoxy groups -OCH3 is 2. The Bertz CT molecular complexity index is 677. The normalized spacial score (nSPS) is 16.0. The predicted molar refractivity (Wildman–Crippen MR) is 88.0 cm³/mol. The van der Waals surface area contributed by atoms with E-state index in [9.17, 15) is 4.79 Å². The van der Waals surface area contributed by atoms with Gasteiger partial charge in [0.25, 0.3) is 0 Å². The fraction of sp³-hybridized carbons (Fsp3) is 0.235. The maximum Gasteiger partial charge on any atom is 0.238 e. The summed E-state index contributed by atoms with van der Waals surface area (Å²) in [7, 11) is 3.17. The zero-order valence-electron chi connectivity index (χ0n) is 12.5. The van der Waals surface area contributed by atoms with Gasteiger partial charge in [0.15, 0.2) is 0 Å². The van der Waals surface area contributed by atoms with E-state index in [1.165, 1.54) is 10.5 Å². The molecule has 0 saturated carbocycles. The first-order valence-corrected chi connectivity index (χ1v) is 7.86. The Morgan fingerprint density at radius 1 is 1.18 bits per heavy atom. The minimum Gasteiger partial charge on any atom is -0.497 e. The van der Waals surface area contributed by atoms with Crippen LogP contribution in [0.5, 0.6) is 11.5 Å². The van der Waals surface area contributed by atoms with Crippen molar-refractivity contribution in [3.63, 3.8) is 0 Å². The van der Waals surface area contributed by atoms with E-state index in [0.717, 1.165) is 6.42 Å². The van der Waals surface area contributed by atoms with Crippen LogP contribution in [0.25, 0.3) is 0 Å². The summed E-state index contributed by atoms with van der Waals surface area (Å²) in [5.41, 5.74) is 1.89. The standard InChI is InChI=1S/C17H17NO3S/c1-20-12-7-8-13(14(10-12)21-2)18-17(19)16-9-11-5-3-4-6-15(11)22-16/h3-8,10,16H,9H2,1-2H3,(H,18,19). The molecular formula is C17H17NO3S. The summed E-state index contributed by atoms with van der Waals surface area (Å²) in [6.45, 7) is 0. The Hall–Kier alpha value is -2.14. The van der Waals surface area contributed by atoms with Crippen molar-refractivity contribution in [2.45, 2.75) is 16.6 Å². The minimum absolute atomic E-state index is 0.00957. The number of benzene rings is 2. The van der Waals surface area contributed by atoms with Crippen molar-refractivity contribution in [1.29, 1.82) is 0 Å². The van der Waals surface area contributed by atoms with Crippen LogP contribution in [0.15, 0.2) is 47.4 Å². The molecule has 0 saturated heterocycles. The highest BCUT2D eigenvalue weighted by molar-refractivity contribution is 8.01. The fourth-order valence-corrected chi connectivity index (χ4v) is 3.64. The summed E-state index contributed by atoms with van der Waals surface area (Å²) in [6.07, 6.45) is 0.755. The second-order valence-corrected chi connectivity index (χ2v) is 6.22. The van der Waals surface area contributed by atoms with Crippen molar-refractivity contribution < 1.29 is 14.3 Å². The van der Waals surface area contributed by atoms with Gasteiger partial charge in [-0.1, -0.05) is 18.2 Å². The van der Waals surface area contributed by atoms with Crippen molar-refractivity contribution in [1.82, 2.24) is 0 Å². The van der Waals surface area contributed by atoms with Crippen molar-refractivity contribution in [2.75, 3.05) is 19.5 Å². The second-order valence-electron chi connectivity index (χ2n) is 4.97. The smallest absolute Gasteiger partial charge is 0.238 e. The van der Waals surface area contributed by atoms with Gasteiger partial charge in [-0.15, -0.1) is 11.8 Å². The number of ether oxygens (including phenoxy) is 2. The Labute approximate surface area is 133 Å². The number of carbonyl (C=O) groups is 1. The van der Waals surface area contributed by atoms with Gasteiger partial charge in [0.2, 0.25) is 5.91 Å². The van der Waals surface area contributed by atoms with Crippen LogP contribution in [0, 0.1) is 0 Å². The van der Waals surface area contributed by atoms with E-state index in [0.29, 0.717) is 17.2 Å². The molecule has 1 amide bonds. The summed E-state index contributed by atoms with van der Waals surface area (Å²) in [6, 6.07) is 13.5. The fourth-order valence-electron chi connectivity index (χ4n) is 2.44. The minimum atomic E-state index is -0.107. The quantitative estimate of drug-likeness (QED) is 0.940. The van der Waals surface area contributed by atoms with Gasteiger partial charge in [-0.3, -0.25) is 4.79 Å². The van der Waals surface area contributed by atoms with E-state index in [2.05, 4.69) is 17.4 Å². The lowest BCUT2D eigenvalue weighted by Crippen LogP contribution is -2.24. The molecule has 2 aromatic rings. The van der Waals surface area contributed by atoms with Gasteiger partial charge >= 0.3 is 0 Å². The van der Waals surface area contributed by atoms with Crippen LogP contribution >= 0.6 is 11.8 Å². The highest BCUT2D eigenvalue weighted by Crippen LogP contribution is 2.38. The molecule has 114 valence electrons. The van der Waals surface area contributed by atoms with Gasteiger partial charge in [-0.25, -0.2) is 0 Å². The van der Waals surface area contributed by atoms with E-state index in [1.807, 2.05) is 12.1 Å². The molecule has 22 heavy (non-hydrogen) atoms. The average Bonchev–Trinajstić information content (AvgIpc) is 2.99. The van der Waals surface area contributed by atoms with Gasteiger partial charge in [-0.05, 0) is 30.2 Å². The Morgan fingerprint density at radius 2 is 2.00 bits per heavy atom. The van der Waals surface area contributed by atoms with Crippen LogP contribution < -0.4 is 14.8 Å².